The second kappa shape index (κ2) is 8.25. The summed E-state index contributed by atoms with van der Waals surface area (Å²) in [4.78, 5) is 0.325. The van der Waals surface area contributed by atoms with Crippen molar-refractivity contribution in [3.05, 3.63) is 59.8 Å². The molecule has 0 amide bonds. The van der Waals surface area contributed by atoms with Gasteiger partial charge in [0.25, 0.3) is 0 Å². The van der Waals surface area contributed by atoms with Crippen molar-refractivity contribution in [3.8, 4) is 22.7 Å². The Hall–Kier alpha value is -2.62. The third kappa shape index (κ3) is 4.92. The minimum absolute atomic E-state index is 0.0840. The summed E-state index contributed by atoms with van der Waals surface area (Å²) in [5, 5.41) is 3.70. The molecule has 10 heteroatoms. The normalized spacial score (nSPS) is 12.3. The fourth-order valence-electron chi connectivity index (χ4n) is 2.79. The second-order valence-corrected chi connectivity index (χ2v) is 7.40. The van der Waals surface area contributed by atoms with Crippen LogP contribution < -0.4 is 4.74 Å². The summed E-state index contributed by atoms with van der Waals surface area (Å²) in [5.74, 6) is -0.800. The molecule has 0 atom stereocenters. The molecule has 0 saturated carbocycles. The highest BCUT2D eigenvalue weighted by molar-refractivity contribution is 7.99. The van der Waals surface area contributed by atoms with E-state index in [-0.39, 0.29) is 11.4 Å². The molecule has 3 rings (SSSR count). The molecule has 3 nitrogen and oxygen atoms in total. The average molecular weight is 446 g/mol. The van der Waals surface area contributed by atoms with E-state index in [1.807, 2.05) is 0 Å². The van der Waals surface area contributed by atoms with Crippen molar-refractivity contribution in [1.29, 1.82) is 0 Å². The molecule has 0 N–H and O–H groups in total. The van der Waals surface area contributed by atoms with Gasteiger partial charge in [-0.1, -0.05) is 24.3 Å². The van der Waals surface area contributed by atoms with Crippen LogP contribution in [0.4, 0.5) is 26.3 Å². The number of aromatic nitrogens is 2. The van der Waals surface area contributed by atoms with Crippen molar-refractivity contribution >= 4 is 11.8 Å². The summed E-state index contributed by atoms with van der Waals surface area (Å²) in [5.41, 5.74) is 0.135. The maximum absolute atomic E-state index is 13.4. The molecule has 3 aromatic rings. The van der Waals surface area contributed by atoms with Crippen LogP contribution >= 0.6 is 11.8 Å². The van der Waals surface area contributed by atoms with Crippen LogP contribution in [-0.2, 0) is 6.18 Å². The highest BCUT2D eigenvalue weighted by Gasteiger charge is 2.35. The van der Waals surface area contributed by atoms with Crippen LogP contribution in [0, 0.1) is 6.92 Å². The van der Waals surface area contributed by atoms with Crippen LogP contribution in [0.1, 0.15) is 11.3 Å². The predicted octanol–water partition coefficient (Wildman–Crippen LogP) is 6.53. The van der Waals surface area contributed by atoms with Crippen LogP contribution in [0.5, 0.6) is 5.75 Å². The standard InChI is InChI=1S/C20H16F6N2OS/c1-12-7-8-13(9-17(12)30-11-19(21,22)23)15-10-18(20(24,25)26)27-28(15)14-5-3-4-6-16(14)29-2/h3-10H,11H2,1-2H3. The summed E-state index contributed by atoms with van der Waals surface area (Å²) in [7, 11) is 1.38. The fourth-order valence-corrected chi connectivity index (χ4v) is 3.61. The quantitative estimate of drug-likeness (QED) is 0.329. The first-order chi connectivity index (χ1) is 14.0. The van der Waals surface area contributed by atoms with E-state index in [0.717, 1.165) is 10.7 Å². The van der Waals surface area contributed by atoms with Gasteiger partial charge in [0.1, 0.15) is 11.4 Å². The SMILES string of the molecule is COc1ccccc1-n1nc(C(F)(F)F)cc1-c1ccc(C)c(SCC(F)(F)F)c1. The summed E-state index contributed by atoms with van der Waals surface area (Å²) in [6.45, 7) is 1.64. The number of methoxy groups -OCH3 is 1. The summed E-state index contributed by atoms with van der Waals surface area (Å²) >= 11 is 0.583. The predicted molar refractivity (Wildman–Crippen MR) is 102 cm³/mol. The van der Waals surface area contributed by atoms with Crippen molar-refractivity contribution in [2.45, 2.75) is 24.2 Å². The Labute approximate surface area is 172 Å². The molecule has 0 fully saturated rings. The van der Waals surface area contributed by atoms with Gasteiger partial charge in [0.05, 0.1) is 18.6 Å². The zero-order chi connectivity index (χ0) is 22.1. The molecule has 2 aromatic carbocycles. The number of halogens is 6. The van der Waals surface area contributed by atoms with E-state index < -0.39 is 23.8 Å². The highest BCUT2D eigenvalue weighted by Crippen LogP contribution is 2.37. The van der Waals surface area contributed by atoms with Crippen LogP contribution in [0.2, 0.25) is 0 Å². The number of nitrogens with zero attached hydrogens (tertiary/aromatic N) is 2. The molecule has 0 spiro atoms. The molecule has 0 aliphatic rings. The first kappa shape index (κ1) is 22.1. The topological polar surface area (TPSA) is 27.1 Å². The van der Waals surface area contributed by atoms with Crippen molar-refractivity contribution < 1.29 is 31.1 Å². The zero-order valence-corrected chi connectivity index (χ0v) is 16.6. The van der Waals surface area contributed by atoms with E-state index in [1.54, 1.807) is 43.3 Å². The second-order valence-electron chi connectivity index (χ2n) is 6.38. The van der Waals surface area contributed by atoms with Gasteiger partial charge < -0.3 is 4.74 Å². The maximum Gasteiger partial charge on any atom is 0.435 e. The van der Waals surface area contributed by atoms with E-state index in [1.165, 1.54) is 13.2 Å². The number of ether oxygens (including phenoxy) is 1. The number of aryl methyl sites for hydroxylation is 1. The number of hydrogen-bond acceptors (Lipinski definition) is 3. The minimum Gasteiger partial charge on any atom is -0.494 e. The molecule has 0 unspecified atom stereocenters. The van der Waals surface area contributed by atoms with Crippen molar-refractivity contribution in [2.24, 2.45) is 0 Å². The molecule has 0 radical (unpaired) electrons. The first-order valence-corrected chi connectivity index (χ1v) is 9.59. The van der Waals surface area contributed by atoms with Crippen LogP contribution in [0.25, 0.3) is 16.9 Å². The zero-order valence-electron chi connectivity index (χ0n) is 15.8. The molecule has 160 valence electrons. The highest BCUT2D eigenvalue weighted by atomic mass is 32.2. The largest absolute Gasteiger partial charge is 0.494 e. The maximum atomic E-state index is 13.4. The number of rotatable bonds is 5. The summed E-state index contributed by atoms with van der Waals surface area (Å²) in [6.07, 6.45) is -9.06. The molecule has 0 aliphatic carbocycles. The Balaban J connectivity index is 2.15. The van der Waals surface area contributed by atoms with Gasteiger partial charge in [-0.2, -0.15) is 31.4 Å². The summed E-state index contributed by atoms with van der Waals surface area (Å²) in [6, 6.07) is 11.8. The van der Waals surface area contributed by atoms with Gasteiger partial charge >= 0.3 is 12.4 Å². The first-order valence-electron chi connectivity index (χ1n) is 8.61. The number of alkyl halides is 6. The number of benzene rings is 2. The molecule has 1 aromatic heterocycles. The van der Waals surface area contributed by atoms with Gasteiger partial charge in [-0.05, 0) is 36.8 Å². The molecule has 0 bridgehead atoms. The Morgan fingerprint density at radius 3 is 2.33 bits per heavy atom. The average Bonchev–Trinajstić information content (AvgIpc) is 3.12. The molecule has 1 heterocycles. The third-order valence-electron chi connectivity index (χ3n) is 4.19. The van der Waals surface area contributed by atoms with E-state index >= 15 is 0 Å². The summed E-state index contributed by atoms with van der Waals surface area (Å²) < 4.78 is 84.3. The monoisotopic (exact) mass is 446 g/mol. The number of thioether (sulfide) groups is 1. The molecule has 30 heavy (non-hydrogen) atoms. The van der Waals surface area contributed by atoms with Crippen LogP contribution in [0.3, 0.4) is 0 Å². The smallest absolute Gasteiger partial charge is 0.435 e. The van der Waals surface area contributed by atoms with Crippen molar-refractivity contribution in [2.75, 3.05) is 12.9 Å². The van der Waals surface area contributed by atoms with E-state index in [2.05, 4.69) is 5.10 Å². The van der Waals surface area contributed by atoms with Crippen LogP contribution in [-0.4, -0.2) is 28.8 Å². The van der Waals surface area contributed by atoms with Crippen molar-refractivity contribution in [3.63, 3.8) is 0 Å². The Kier molecular flexibility index (Phi) is 6.07. The Morgan fingerprint density at radius 1 is 1.00 bits per heavy atom. The van der Waals surface area contributed by atoms with E-state index in [0.29, 0.717) is 33.5 Å². The van der Waals surface area contributed by atoms with Crippen LogP contribution in [0.15, 0.2) is 53.4 Å². The van der Waals surface area contributed by atoms with Gasteiger partial charge in [-0.25, -0.2) is 4.68 Å². The van der Waals surface area contributed by atoms with Gasteiger partial charge in [-0.3, -0.25) is 0 Å². The number of hydrogen-bond donors (Lipinski definition) is 0. The Bertz CT molecular complexity index is 1040. The molecule has 0 aliphatic heterocycles. The Morgan fingerprint density at radius 2 is 1.70 bits per heavy atom. The van der Waals surface area contributed by atoms with Gasteiger partial charge in [0.15, 0.2) is 5.69 Å². The van der Waals surface area contributed by atoms with Gasteiger partial charge in [0, 0.05) is 10.5 Å². The van der Waals surface area contributed by atoms with Crippen molar-refractivity contribution in [1.82, 2.24) is 9.78 Å². The molecular formula is C20H16F6N2OS. The van der Waals surface area contributed by atoms with E-state index in [9.17, 15) is 26.3 Å². The van der Waals surface area contributed by atoms with Gasteiger partial charge in [-0.15, -0.1) is 11.8 Å². The lowest BCUT2D eigenvalue weighted by Gasteiger charge is -2.13. The lowest BCUT2D eigenvalue weighted by Crippen LogP contribution is -2.10. The molecular weight excluding hydrogens is 430 g/mol. The minimum atomic E-state index is -4.69. The fraction of sp³-hybridized carbons (Fsp3) is 0.250. The lowest BCUT2D eigenvalue weighted by atomic mass is 10.1. The number of para-hydroxylation sites is 2. The third-order valence-corrected chi connectivity index (χ3v) is 5.41. The van der Waals surface area contributed by atoms with E-state index in [4.69, 9.17) is 4.74 Å². The molecule has 0 saturated heterocycles. The van der Waals surface area contributed by atoms with Gasteiger partial charge in [0.2, 0.25) is 0 Å². The lowest BCUT2D eigenvalue weighted by molar-refractivity contribution is -0.141.